The van der Waals surface area contributed by atoms with E-state index in [2.05, 4.69) is 35.3 Å². The van der Waals surface area contributed by atoms with Crippen LogP contribution in [0.5, 0.6) is 5.88 Å². The van der Waals surface area contributed by atoms with Crippen LogP contribution in [0.3, 0.4) is 0 Å². The van der Waals surface area contributed by atoms with Crippen molar-refractivity contribution in [2.45, 2.75) is 6.92 Å². The van der Waals surface area contributed by atoms with Crippen LogP contribution >= 0.6 is 0 Å². The van der Waals surface area contributed by atoms with Gasteiger partial charge in [0.25, 0.3) is 0 Å². The van der Waals surface area contributed by atoms with Crippen molar-refractivity contribution in [2.24, 2.45) is 0 Å². The molecule has 0 N–H and O–H groups in total. The Morgan fingerprint density at radius 2 is 1.68 bits per heavy atom. The summed E-state index contributed by atoms with van der Waals surface area (Å²) in [5, 5.41) is 10.5. The second kappa shape index (κ2) is 4.69. The molecule has 3 rings (SSSR count). The van der Waals surface area contributed by atoms with E-state index >= 15 is 0 Å². The summed E-state index contributed by atoms with van der Waals surface area (Å²) >= 11 is 0. The molecular weight excluding hydrogens is 236 g/mol. The van der Waals surface area contributed by atoms with E-state index in [1.807, 2.05) is 30.3 Å². The van der Waals surface area contributed by atoms with E-state index in [1.165, 1.54) is 5.56 Å². The lowest BCUT2D eigenvalue weighted by molar-refractivity contribution is 0.398. The molecule has 0 unspecified atom stereocenters. The fraction of sp³-hybridized carbons (Fsp3) is 0.125. The first-order valence-corrected chi connectivity index (χ1v) is 6.16. The Bertz CT molecular complexity index is 738. The van der Waals surface area contributed by atoms with E-state index in [4.69, 9.17) is 4.74 Å². The van der Waals surface area contributed by atoms with Gasteiger partial charge in [-0.2, -0.15) is 0 Å². The van der Waals surface area contributed by atoms with Crippen molar-refractivity contribution in [2.75, 3.05) is 7.11 Å². The number of methoxy groups -OCH3 is 1. The number of nitrogens with zero attached hydrogens (tertiary/aromatic N) is 2. The molecule has 0 aliphatic rings. The highest BCUT2D eigenvalue weighted by molar-refractivity contribution is 5.96. The third-order valence-corrected chi connectivity index (χ3v) is 3.14. The van der Waals surface area contributed by atoms with Crippen LogP contribution in [-0.4, -0.2) is 17.3 Å². The van der Waals surface area contributed by atoms with Crippen molar-refractivity contribution in [1.29, 1.82) is 0 Å². The van der Waals surface area contributed by atoms with Crippen molar-refractivity contribution in [1.82, 2.24) is 10.2 Å². The zero-order chi connectivity index (χ0) is 13.2. The van der Waals surface area contributed by atoms with Gasteiger partial charge >= 0.3 is 0 Å². The molecule has 0 saturated heterocycles. The minimum absolute atomic E-state index is 0.562. The molecule has 0 atom stereocenters. The molecule has 1 heterocycles. The topological polar surface area (TPSA) is 35.0 Å². The number of aromatic nitrogens is 2. The summed E-state index contributed by atoms with van der Waals surface area (Å²) in [4.78, 5) is 0. The van der Waals surface area contributed by atoms with E-state index in [-0.39, 0.29) is 0 Å². The third kappa shape index (κ3) is 2.03. The second-order valence-electron chi connectivity index (χ2n) is 4.47. The molecule has 0 bridgehead atoms. The first kappa shape index (κ1) is 11.7. The average Bonchev–Trinajstić information content (AvgIpc) is 2.46. The number of aryl methyl sites for hydroxylation is 1. The molecular formula is C16H14N2O. The fourth-order valence-electron chi connectivity index (χ4n) is 2.24. The number of hydrogen-bond donors (Lipinski definition) is 0. The Kier molecular flexibility index (Phi) is 2.88. The maximum atomic E-state index is 5.27. The molecule has 2 aromatic carbocycles. The zero-order valence-corrected chi connectivity index (χ0v) is 10.9. The Morgan fingerprint density at radius 1 is 0.895 bits per heavy atom. The van der Waals surface area contributed by atoms with Gasteiger partial charge in [-0.25, -0.2) is 0 Å². The SMILES string of the molecule is COc1nnc(-c2cccc(C)c2)c2ccccc12. The predicted octanol–water partition coefficient (Wildman–Crippen LogP) is 3.61. The van der Waals surface area contributed by atoms with Crippen LogP contribution in [0, 0.1) is 6.92 Å². The molecule has 0 aliphatic heterocycles. The molecule has 3 nitrogen and oxygen atoms in total. The zero-order valence-electron chi connectivity index (χ0n) is 10.9. The summed E-state index contributed by atoms with van der Waals surface area (Å²) in [5.74, 6) is 0.562. The minimum Gasteiger partial charge on any atom is -0.479 e. The number of rotatable bonds is 2. The molecule has 0 radical (unpaired) electrons. The van der Waals surface area contributed by atoms with Gasteiger partial charge in [-0.3, -0.25) is 0 Å². The number of fused-ring (bicyclic) bond motifs is 1. The van der Waals surface area contributed by atoms with Crippen LogP contribution < -0.4 is 4.74 Å². The Morgan fingerprint density at radius 3 is 2.42 bits per heavy atom. The molecule has 19 heavy (non-hydrogen) atoms. The summed E-state index contributed by atoms with van der Waals surface area (Å²) < 4.78 is 5.27. The number of hydrogen-bond acceptors (Lipinski definition) is 3. The van der Waals surface area contributed by atoms with Gasteiger partial charge in [0.15, 0.2) is 0 Å². The smallest absolute Gasteiger partial charge is 0.241 e. The van der Waals surface area contributed by atoms with Crippen LogP contribution in [0.15, 0.2) is 48.5 Å². The number of ether oxygens (including phenoxy) is 1. The lowest BCUT2D eigenvalue weighted by Gasteiger charge is -2.08. The normalized spacial score (nSPS) is 10.6. The standard InChI is InChI=1S/C16H14N2O/c1-11-6-5-7-12(10-11)15-13-8-3-4-9-14(13)16(19-2)18-17-15/h3-10H,1-2H3. The van der Waals surface area contributed by atoms with Gasteiger partial charge in [-0.05, 0) is 19.1 Å². The Balaban J connectivity index is 2.31. The highest BCUT2D eigenvalue weighted by Crippen LogP contribution is 2.30. The third-order valence-electron chi connectivity index (χ3n) is 3.14. The first-order valence-electron chi connectivity index (χ1n) is 6.16. The van der Waals surface area contributed by atoms with Gasteiger partial charge in [0.1, 0.15) is 5.69 Å². The fourth-order valence-corrected chi connectivity index (χ4v) is 2.24. The minimum atomic E-state index is 0.562. The molecule has 0 amide bonds. The van der Waals surface area contributed by atoms with E-state index in [9.17, 15) is 0 Å². The maximum Gasteiger partial charge on any atom is 0.241 e. The molecule has 0 fully saturated rings. The second-order valence-corrected chi connectivity index (χ2v) is 4.47. The molecule has 0 aliphatic carbocycles. The van der Waals surface area contributed by atoms with E-state index in [1.54, 1.807) is 7.11 Å². The quantitative estimate of drug-likeness (QED) is 0.696. The Labute approximate surface area is 111 Å². The van der Waals surface area contributed by atoms with Crippen LogP contribution in [0.25, 0.3) is 22.0 Å². The first-order chi connectivity index (χ1) is 9.29. The maximum absolute atomic E-state index is 5.27. The predicted molar refractivity (Wildman–Crippen MR) is 76.3 cm³/mol. The highest BCUT2D eigenvalue weighted by atomic mass is 16.5. The van der Waals surface area contributed by atoms with E-state index < -0.39 is 0 Å². The summed E-state index contributed by atoms with van der Waals surface area (Å²) in [6.45, 7) is 2.07. The monoisotopic (exact) mass is 250 g/mol. The molecule has 0 saturated carbocycles. The number of benzene rings is 2. The van der Waals surface area contributed by atoms with Gasteiger partial charge in [0, 0.05) is 16.3 Å². The molecule has 94 valence electrons. The molecule has 3 aromatic rings. The van der Waals surface area contributed by atoms with Crippen molar-refractivity contribution in [3.05, 3.63) is 54.1 Å². The van der Waals surface area contributed by atoms with Crippen molar-refractivity contribution in [3.63, 3.8) is 0 Å². The largest absolute Gasteiger partial charge is 0.479 e. The van der Waals surface area contributed by atoms with Crippen LogP contribution in [-0.2, 0) is 0 Å². The van der Waals surface area contributed by atoms with Crippen molar-refractivity contribution >= 4 is 10.8 Å². The molecule has 0 spiro atoms. The van der Waals surface area contributed by atoms with Crippen molar-refractivity contribution in [3.8, 4) is 17.1 Å². The highest BCUT2D eigenvalue weighted by Gasteiger charge is 2.10. The van der Waals surface area contributed by atoms with Crippen LogP contribution in [0.2, 0.25) is 0 Å². The van der Waals surface area contributed by atoms with E-state index in [0.717, 1.165) is 22.0 Å². The van der Waals surface area contributed by atoms with E-state index in [0.29, 0.717) is 5.88 Å². The lowest BCUT2D eigenvalue weighted by Crippen LogP contribution is -1.95. The summed E-state index contributed by atoms with van der Waals surface area (Å²) in [6.07, 6.45) is 0. The summed E-state index contributed by atoms with van der Waals surface area (Å²) in [7, 11) is 1.61. The van der Waals surface area contributed by atoms with Gasteiger partial charge in [-0.1, -0.05) is 42.0 Å². The molecule has 3 heteroatoms. The molecule has 1 aromatic heterocycles. The van der Waals surface area contributed by atoms with Gasteiger partial charge in [0.05, 0.1) is 7.11 Å². The Hall–Kier alpha value is -2.42. The van der Waals surface area contributed by atoms with Gasteiger partial charge < -0.3 is 4.74 Å². The van der Waals surface area contributed by atoms with Crippen LogP contribution in [0.1, 0.15) is 5.56 Å². The van der Waals surface area contributed by atoms with Gasteiger partial charge in [0.2, 0.25) is 5.88 Å². The van der Waals surface area contributed by atoms with Crippen LogP contribution in [0.4, 0.5) is 0 Å². The van der Waals surface area contributed by atoms with Crippen molar-refractivity contribution < 1.29 is 4.74 Å². The summed E-state index contributed by atoms with van der Waals surface area (Å²) in [5.41, 5.74) is 3.17. The van der Waals surface area contributed by atoms with Gasteiger partial charge in [-0.15, -0.1) is 10.2 Å². The average molecular weight is 250 g/mol. The lowest BCUT2D eigenvalue weighted by atomic mass is 10.0. The summed E-state index contributed by atoms with van der Waals surface area (Å²) in [6, 6.07) is 16.3.